The minimum Gasteiger partial charge on any atom is -0.477 e. The number of rotatable bonds is 3. The average Bonchev–Trinajstić information content (AvgIpc) is 2.64. The molecule has 0 amide bonds. The number of aryl methyl sites for hydroxylation is 1. The van der Waals surface area contributed by atoms with Crippen molar-refractivity contribution in [2.24, 2.45) is 0 Å². The number of hydrogen-bond donors (Lipinski definition) is 1. The molecule has 2 aromatic heterocycles. The van der Waals surface area contributed by atoms with Crippen molar-refractivity contribution in [3.8, 4) is 0 Å². The second-order valence-corrected chi connectivity index (χ2v) is 5.30. The normalized spacial score (nSPS) is 10.3. The molecule has 0 spiro atoms. The zero-order chi connectivity index (χ0) is 11.5. The van der Waals surface area contributed by atoms with Crippen LogP contribution in [0, 0.1) is 6.92 Å². The van der Waals surface area contributed by atoms with Crippen LogP contribution < -0.4 is 0 Å². The number of nitrogens with zero attached hydrogens (tertiary/aromatic N) is 3. The van der Waals surface area contributed by atoms with E-state index in [2.05, 4.69) is 15.2 Å². The monoisotopic (exact) mass is 253 g/mol. The molecular weight excluding hydrogens is 246 g/mol. The number of aromatic carboxylic acids is 1. The molecule has 0 unspecified atom stereocenters. The Labute approximate surface area is 99.6 Å². The SMILES string of the molecule is Cc1nnc(Sc2cccc(C(=O)O)n2)s1. The number of aromatic nitrogens is 3. The Bertz CT molecular complexity index is 527. The molecule has 2 rings (SSSR count). The molecule has 0 saturated heterocycles. The van der Waals surface area contributed by atoms with Crippen LogP contribution in [-0.2, 0) is 0 Å². The Morgan fingerprint density at radius 2 is 2.25 bits per heavy atom. The summed E-state index contributed by atoms with van der Waals surface area (Å²) in [6, 6.07) is 4.86. The summed E-state index contributed by atoms with van der Waals surface area (Å²) in [5, 5.41) is 18.1. The molecule has 16 heavy (non-hydrogen) atoms. The van der Waals surface area contributed by atoms with Gasteiger partial charge in [-0.3, -0.25) is 0 Å². The van der Waals surface area contributed by atoms with E-state index in [0.717, 1.165) is 9.35 Å². The summed E-state index contributed by atoms with van der Waals surface area (Å²) in [6.45, 7) is 1.86. The molecule has 2 aromatic rings. The fourth-order valence-electron chi connectivity index (χ4n) is 1.000. The van der Waals surface area contributed by atoms with Crippen LogP contribution in [0.15, 0.2) is 27.6 Å². The van der Waals surface area contributed by atoms with Crippen LogP contribution in [0.1, 0.15) is 15.5 Å². The molecule has 0 aromatic carbocycles. The van der Waals surface area contributed by atoms with Crippen LogP contribution in [0.5, 0.6) is 0 Å². The Morgan fingerprint density at radius 3 is 2.88 bits per heavy atom. The van der Waals surface area contributed by atoms with Gasteiger partial charge in [-0.25, -0.2) is 9.78 Å². The van der Waals surface area contributed by atoms with Crippen molar-refractivity contribution >= 4 is 29.1 Å². The van der Waals surface area contributed by atoms with Crippen LogP contribution in [0.2, 0.25) is 0 Å². The van der Waals surface area contributed by atoms with Gasteiger partial charge < -0.3 is 5.11 Å². The third-order valence-corrected chi connectivity index (χ3v) is 3.47. The first kappa shape index (κ1) is 11.0. The summed E-state index contributed by atoms with van der Waals surface area (Å²) in [6.07, 6.45) is 0. The lowest BCUT2D eigenvalue weighted by atomic mass is 10.4. The smallest absolute Gasteiger partial charge is 0.354 e. The highest BCUT2D eigenvalue weighted by molar-refractivity contribution is 8.01. The first-order valence-corrected chi connectivity index (χ1v) is 5.97. The number of carboxylic acid groups (broad SMARTS) is 1. The van der Waals surface area contributed by atoms with E-state index in [1.807, 2.05) is 6.92 Å². The second-order valence-electron chi connectivity index (χ2n) is 2.86. The molecule has 82 valence electrons. The lowest BCUT2D eigenvalue weighted by Gasteiger charge is -1.97. The molecular formula is C9H7N3O2S2. The third kappa shape index (κ3) is 2.56. The molecule has 0 fully saturated rings. The molecule has 1 N–H and O–H groups in total. The van der Waals surface area contributed by atoms with Crippen molar-refractivity contribution < 1.29 is 9.90 Å². The van der Waals surface area contributed by atoms with Crippen LogP contribution in [0.3, 0.4) is 0 Å². The summed E-state index contributed by atoms with van der Waals surface area (Å²) >= 11 is 2.76. The van der Waals surface area contributed by atoms with Gasteiger partial charge in [0, 0.05) is 0 Å². The zero-order valence-corrected chi connectivity index (χ0v) is 9.88. The van der Waals surface area contributed by atoms with E-state index in [1.165, 1.54) is 29.2 Å². The van der Waals surface area contributed by atoms with Gasteiger partial charge in [0.2, 0.25) is 0 Å². The van der Waals surface area contributed by atoms with Crippen molar-refractivity contribution in [1.82, 2.24) is 15.2 Å². The first-order chi connectivity index (χ1) is 7.65. The van der Waals surface area contributed by atoms with Gasteiger partial charge in [-0.2, -0.15) is 0 Å². The summed E-state index contributed by atoms with van der Waals surface area (Å²) in [5.41, 5.74) is 0.0336. The van der Waals surface area contributed by atoms with E-state index in [1.54, 1.807) is 12.1 Å². The maximum atomic E-state index is 10.7. The lowest BCUT2D eigenvalue weighted by Crippen LogP contribution is -1.99. The first-order valence-electron chi connectivity index (χ1n) is 4.33. The van der Waals surface area contributed by atoms with Crippen molar-refractivity contribution in [1.29, 1.82) is 0 Å². The quantitative estimate of drug-likeness (QED) is 0.902. The largest absolute Gasteiger partial charge is 0.477 e. The van der Waals surface area contributed by atoms with Gasteiger partial charge in [0.25, 0.3) is 0 Å². The molecule has 0 bridgehead atoms. The van der Waals surface area contributed by atoms with E-state index >= 15 is 0 Å². The molecule has 0 aliphatic rings. The highest BCUT2D eigenvalue weighted by Crippen LogP contribution is 2.28. The molecule has 2 heterocycles. The van der Waals surface area contributed by atoms with Gasteiger partial charge in [-0.1, -0.05) is 17.4 Å². The lowest BCUT2D eigenvalue weighted by molar-refractivity contribution is 0.0689. The molecule has 0 saturated carbocycles. The summed E-state index contributed by atoms with van der Waals surface area (Å²) in [5.74, 6) is -1.03. The minimum atomic E-state index is -1.03. The second kappa shape index (κ2) is 4.58. The molecule has 7 heteroatoms. The van der Waals surface area contributed by atoms with Gasteiger partial charge in [0.05, 0.1) is 0 Å². The number of carboxylic acids is 1. The molecule has 5 nitrogen and oxygen atoms in total. The maximum absolute atomic E-state index is 10.7. The maximum Gasteiger partial charge on any atom is 0.354 e. The number of hydrogen-bond acceptors (Lipinski definition) is 6. The predicted octanol–water partition coefficient (Wildman–Crippen LogP) is 2.09. The Morgan fingerprint density at radius 1 is 1.44 bits per heavy atom. The molecule has 0 atom stereocenters. The van der Waals surface area contributed by atoms with E-state index in [9.17, 15) is 4.79 Å². The Kier molecular flexibility index (Phi) is 3.16. The van der Waals surface area contributed by atoms with Crippen LogP contribution >= 0.6 is 23.1 Å². The van der Waals surface area contributed by atoms with E-state index in [-0.39, 0.29) is 5.69 Å². The summed E-state index contributed by atoms with van der Waals surface area (Å²) in [4.78, 5) is 14.7. The van der Waals surface area contributed by atoms with Gasteiger partial charge in [-0.15, -0.1) is 10.2 Å². The number of pyridine rings is 1. The van der Waals surface area contributed by atoms with Crippen LogP contribution in [0.25, 0.3) is 0 Å². The molecule has 0 aliphatic heterocycles. The van der Waals surface area contributed by atoms with Crippen LogP contribution in [-0.4, -0.2) is 26.3 Å². The van der Waals surface area contributed by atoms with Crippen molar-refractivity contribution in [3.05, 3.63) is 28.9 Å². The van der Waals surface area contributed by atoms with E-state index in [0.29, 0.717) is 5.03 Å². The van der Waals surface area contributed by atoms with Crippen LogP contribution in [0.4, 0.5) is 0 Å². The van der Waals surface area contributed by atoms with Crippen molar-refractivity contribution in [2.45, 2.75) is 16.3 Å². The highest BCUT2D eigenvalue weighted by Gasteiger charge is 2.08. The topological polar surface area (TPSA) is 76.0 Å². The standard InChI is InChI=1S/C9H7N3O2S2/c1-5-11-12-9(15-5)16-7-4-2-3-6(10-7)8(13)14/h2-4H,1H3,(H,13,14). The minimum absolute atomic E-state index is 0.0336. The van der Waals surface area contributed by atoms with Crippen molar-refractivity contribution in [2.75, 3.05) is 0 Å². The van der Waals surface area contributed by atoms with Crippen molar-refractivity contribution in [3.63, 3.8) is 0 Å². The Balaban J connectivity index is 2.21. The fourth-order valence-corrected chi connectivity index (χ4v) is 2.75. The predicted molar refractivity (Wildman–Crippen MR) is 60.0 cm³/mol. The van der Waals surface area contributed by atoms with E-state index < -0.39 is 5.97 Å². The molecule has 0 aliphatic carbocycles. The summed E-state index contributed by atoms with van der Waals surface area (Å²) in [7, 11) is 0. The number of carbonyl (C=O) groups is 1. The fraction of sp³-hybridized carbons (Fsp3) is 0.111. The Hall–Kier alpha value is -1.47. The van der Waals surface area contributed by atoms with Gasteiger partial charge in [0.15, 0.2) is 4.34 Å². The average molecular weight is 253 g/mol. The highest BCUT2D eigenvalue weighted by atomic mass is 32.2. The van der Waals surface area contributed by atoms with Gasteiger partial charge >= 0.3 is 5.97 Å². The van der Waals surface area contributed by atoms with E-state index in [4.69, 9.17) is 5.11 Å². The zero-order valence-electron chi connectivity index (χ0n) is 8.25. The molecule has 0 radical (unpaired) electrons. The van der Waals surface area contributed by atoms with Gasteiger partial charge in [-0.05, 0) is 30.8 Å². The van der Waals surface area contributed by atoms with Gasteiger partial charge in [0.1, 0.15) is 15.7 Å². The third-order valence-electron chi connectivity index (χ3n) is 1.64. The summed E-state index contributed by atoms with van der Waals surface area (Å²) < 4.78 is 0.757.